The predicted molar refractivity (Wildman–Crippen MR) is 59.8 cm³/mol. The summed E-state index contributed by atoms with van der Waals surface area (Å²) in [4.78, 5) is 0. The third-order valence-corrected chi connectivity index (χ3v) is 2.89. The zero-order valence-electron chi connectivity index (χ0n) is 7.38. The molecule has 90 valence electrons. The van der Waals surface area contributed by atoms with Crippen LogP contribution in [0.1, 0.15) is 5.56 Å². The van der Waals surface area contributed by atoms with Crippen molar-refractivity contribution in [2.75, 3.05) is 4.72 Å². The van der Waals surface area contributed by atoms with E-state index in [-0.39, 0.29) is 3.57 Å². The van der Waals surface area contributed by atoms with Crippen LogP contribution in [0.5, 0.6) is 5.75 Å². The molecular weight excluding hydrogens is 362 g/mol. The Morgan fingerprint density at radius 1 is 1.31 bits per heavy atom. The maximum Gasteiger partial charge on any atom is 0.418 e. The normalized spacial score (nSPS) is 11.8. The molecule has 0 aromatic heterocycles. The van der Waals surface area contributed by atoms with Crippen molar-refractivity contribution in [1.29, 1.82) is 0 Å². The molecule has 0 bridgehead atoms. The van der Waals surface area contributed by atoms with Crippen LogP contribution in [0.3, 0.4) is 0 Å². The lowest BCUT2D eigenvalue weighted by Crippen LogP contribution is -2.10. The summed E-state index contributed by atoms with van der Waals surface area (Å²) in [5, 5.41) is 9.14. The number of thiol groups is 1. The molecule has 1 aromatic carbocycles. The van der Waals surface area contributed by atoms with Crippen LogP contribution in [0.4, 0.5) is 18.9 Å². The molecule has 0 aliphatic rings. The number of phenolic OH excluding ortho intramolecular Hbond substituents is 1. The highest BCUT2D eigenvalue weighted by Gasteiger charge is 2.34. The number of halogens is 4. The molecule has 1 aromatic rings. The summed E-state index contributed by atoms with van der Waals surface area (Å²) in [7, 11) is -3.20. The maximum absolute atomic E-state index is 12.5. The highest BCUT2D eigenvalue weighted by atomic mass is 127. The van der Waals surface area contributed by atoms with Crippen molar-refractivity contribution in [2.24, 2.45) is 0 Å². The smallest absolute Gasteiger partial charge is 0.418 e. The third-order valence-electron chi connectivity index (χ3n) is 1.60. The Bertz CT molecular complexity index is 479. The second kappa shape index (κ2) is 4.65. The summed E-state index contributed by atoms with van der Waals surface area (Å²) in [6.45, 7) is 0. The van der Waals surface area contributed by atoms with Gasteiger partial charge in [-0.3, -0.25) is 4.72 Å². The molecule has 0 atom stereocenters. The molecule has 16 heavy (non-hydrogen) atoms. The van der Waals surface area contributed by atoms with Gasteiger partial charge in [-0.25, -0.2) is 8.42 Å². The minimum absolute atomic E-state index is 0.116. The molecule has 0 unspecified atom stereocenters. The van der Waals surface area contributed by atoms with Crippen LogP contribution < -0.4 is 4.72 Å². The minimum Gasteiger partial charge on any atom is -0.507 e. The fourth-order valence-electron chi connectivity index (χ4n) is 0.987. The van der Waals surface area contributed by atoms with Gasteiger partial charge in [-0.1, -0.05) is 0 Å². The van der Waals surface area contributed by atoms with Crippen LogP contribution in [0.25, 0.3) is 0 Å². The summed E-state index contributed by atoms with van der Waals surface area (Å²) in [5.74, 6) is -0.556. The van der Waals surface area contributed by atoms with Gasteiger partial charge in [-0.2, -0.15) is 13.2 Å². The van der Waals surface area contributed by atoms with E-state index in [1.54, 1.807) is 27.3 Å². The molecule has 9 heteroatoms. The maximum atomic E-state index is 12.5. The number of aromatic hydroxyl groups is 1. The van der Waals surface area contributed by atoms with E-state index in [0.29, 0.717) is 6.07 Å². The van der Waals surface area contributed by atoms with Crippen molar-refractivity contribution in [3.63, 3.8) is 0 Å². The van der Waals surface area contributed by atoms with Gasteiger partial charge in [0.15, 0.2) is 0 Å². The quantitative estimate of drug-likeness (QED) is 0.425. The van der Waals surface area contributed by atoms with Gasteiger partial charge in [-0.15, -0.1) is 0 Å². The number of benzene rings is 1. The molecule has 0 aliphatic heterocycles. The molecule has 1 rings (SSSR count). The average Bonchev–Trinajstić information content (AvgIpc) is 2.08. The van der Waals surface area contributed by atoms with E-state index in [1.165, 1.54) is 0 Å². The standard InChI is InChI=1S/C7H5F3INO3S/c8-7(9,10)3-1-6(13)4(11)2-5(3)12-16(14)15/h1-2,13,16H,(H,12,14,15). The Kier molecular flexibility index (Phi) is 3.88. The molecule has 0 aliphatic carbocycles. The number of alkyl halides is 3. The molecule has 2 N–H and O–H groups in total. The van der Waals surface area contributed by atoms with Gasteiger partial charge in [0.25, 0.3) is 0 Å². The molecule has 0 saturated heterocycles. The van der Waals surface area contributed by atoms with Crippen LogP contribution in [-0.2, 0) is 17.1 Å². The zero-order chi connectivity index (χ0) is 12.5. The van der Waals surface area contributed by atoms with E-state index in [2.05, 4.69) is 0 Å². The molecule has 0 fully saturated rings. The van der Waals surface area contributed by atoms with E-state index in [9.17, 15) is 21.6 Å². The van der Waals surface area contributed by atoms with Gasteiger partial charge < -0.3 is 5.11 Å². The minimum atomic E-state index is -4.74. The molecule has 0 spiro atoms. The Balaban J connectivity index is 3.39. The van der Waals surface area contributed by atoms with Crippen LogP contribution in [0.2, 0.25) is 0 Å². The van der Waals surface area contributed by atoms with E-state index in [1.807, 2.05) is 0 Å². The molecule has 0 heterocycles. The first-order chi connectivity index (χ1) is 7.21. The summed E-state index contributed by atoms with van der Waals surface area (Å²) in [6, 6.07) is 1.38. The Morgan fingerprint density at radius 2 is 1.88 bits per heavy atom. The van der Waals surface area contributed by atoms with Gasteiger partial charge in [0, 0.05) is 0 Å². The van der Waals surface area contributed by atoms with Crippen molar-refractivity contribution < 1.29 is 26.7 Å². The number of rotatable bonds is 2. The van der Waals surface area contributed by atoms with Gasteiger partial charge in [0.2, 0.25) is 10.9 Å². The topological polar surface area (TPSA) is 66.4 Å². The lowest BCUT2D eigenvalue weighted by atomic mass is 10.1. The fraction of sp³-hybridized carbons (Fsp3) is 0.143. The largest absolute Gasteiger partial charge is 0.507 e. The van der Waals surface area contributed by atoms with Crippen molar-refractivity contribution in [1.82, 2.24) is 0 Å². The van der Waals surface area contributed by atoms with E-state index in [0.717, 1.165) is 6.07 Å². The van der Waals surface area contributed by atoms with Crippen LogP contribution in [0, 0.1) is 3.57 Å². The first kappa shape index (κ1) is 13.4. The van der Waals surface area contributed by atoms with Gasteiger partial charge >= 0.3 is 6.18 Å². The Hall–Kier alpha value is -0.710. The lowest BCUT2D eigenvalue weighted by molar-refractivity contribution is -0.137. The second-order valence-corrected chi connectivity index (χ2v) is 4.62. The number of phenols is 1. The van der Waals surface area contributed by atoms with Crippen LogP contribution >= 0.6 is 22.6 Å². The summed E-state index contributed by atoms with van der Waals surface area (Å²) >= 11 is 1.59. The first-order valence-electron chi connectivity index (χ1n) is 3.72. The molecule has 0 saturated carbocycles. The van der Waals surface area contributed by atoms with Crippen LogP contribution in [-0.4, -0.2) is 13.5 Å². The van der Waals surface area contributed by atoms with Crippen molar-refractivity contribution >= 4 is 39.2 Å². The van der Waals surface area contributed by atoms with Crippen molar-refractivity contribution in [3.05, 3.63) is 21.3 Å². The van der Waals surface area contributed by atoms with Crippen molar-refractivity contribution in [2.45, 2.75) is 6.18 Å². The van der Waals surface area contributed by atoms with Crippen LogP contribution in [0.15, 0.2) is 12.1 Å². The molecule has 0 amide bonds. The highest BCUT2D eigenvalue weighted by Crippen LogP contribution is 2.38. The Labute approximate surface area is 104 Å². The summed E-state index contributed by atoms with van der Waals surface area (Å²) in [6.07, 6.45) is -4.74. The first-order valence-corrected chi connectivity index (χ1v) is 5.98. The third kappa shape index (κ3) is 3.14. The molecule has 4 nitrogen and oxygen atoms in total. The monoisotopic (exact) mass is 367 g/mol. The number of nitrogens with one attached hydrogen (secondary N) is 1. The molecular formula is C7H5F3INO3S. The van der Waals surface area contributed by atoms with Gasteiger partial charge in [-0.05, 0) is 34.7 Å². The number of hydrogen-bond acceptors (Lipinski definition) is 3. The predicted octanol–water partition coefficient (Wildman–Crippen LogP) is 1.95. The fourth-order valence-corrected chi connectivity index (χ4v) is 1.84. The van der Waals surface area contributed by atoms with E-state index in [4.69, 9.17) is 5.11 Å². The SMILES string of the molecule is O=[SH](=O)Nc1cc(I)c(O)cc1C(F)(F)F. The van der Waals surface area contributed by atoms with Gasteiger partial charge in [0.05, 0.1) is 14.8 Å². The van der Waals surface area contributed by atoms with E-state index < -0.39 is 34.1 Å². The highest BCUT2D eigenvalue weighted by molar-refractivity contribution is 14.1. The number of hydrogen-bond donors (Lipinski definition) is 3. The zero-order valence-corrected chi connectivity index (χ0v) is 10.4. The Morgan fingerprint density at radius 3 is 2.31 bits per heavy atom. The molecule has 0 radical (unpaired) electrons. The van der Waals surface area contributed by atoms with E-state index >= 15 is 0 Å². The lowest BCUT2D eigenvalue weighted by Gasteiger charge is -2.13. The number of anilines is 1. The summed E-state index contributed by atoms with van der Waals surface area (Å²) < 4.78 is 59.8. The van der Waals surface area contributed by atoms with Gasteiger partial charge in [0.1, 0.15) is 5.75 Å². The average molecular weight is 367 g/mol. The van der Waals surface area contributed by atoms with Crippen molar-refractivity contribution in [3.8, 4) is 5.75 Å². The summed E-state index contributed by atoms with van der Waals surface area (Å²) in [5.41, 5.74) is -1.84. The second-order valence-electron chi connectivity index (χ2n) is 2.72.